The number of anilines is 1. The molecule has 0 atom stereocenters. The van der Waals surface area contributed by atoms with Crippen molar-refractivity contribution in [3.05, 3.63) is 51.3 Å². The van der Waals surface area contributed by atoms with E-state index in [2.05, 4.69) is 10.4 Å². The number of hydrogen-bond donors (Lipinski definition) is 1. The van der Waals surface area contributed by atoms with Crippen LogP contribution >= 0.6 is 0 Å². The number of hydrogen-bond acceptors (Lipinski definition) is 4. The highest BCUT2D eigenvalue weighted by Gasteiger charge is 2.15. The van der Waals surface area contributed by atoms with Crippen LogP contribution < -0.4 is 5.32 Å². The first kappa shape index (κ1) is 13.1. The number of aryl methyl sites for hydroxylation is 3. The Morgan fingerprint density at radius 1 is 1.37 bits per heavy atom. The zero-order valence-corrected chi connectivity index (χ0v) is 11.2. The molecule has 1 aromatic carbocycles. The molecule has 1 N–H and O–H groups in total. The van der Waals surface area contributed by atoms with Crippen LogP contribution in [0.15, 0.2) is 24.4 Å². The maximum Gasteiger partial charge on any atom is 0.292 e. The Hall–Kier alpha value is -2.37. The molecule has 1 heterocycles. The van der Waals surface area contributed by atoms with Gasteiger partial charge in [0, 0.05) is 19.3 Å². The van der Waals surface area contributed by atoms with Gasteiger partial charge in [0.2, 0.25) is 0 Å². The van der Waals surface area contributed by atoms with Gasteiger partial charge in [-0.15, -0.1) is 0 Å². The molecule has 0 saturated carbocycles. The molecule has 6 heteroatoms. The third-order valence-corrected chi connectivity index (χ3v) is 3.19. The van der Waals surface area contributed by atoms with E-state index in [0.717, 1.165) is 16.8 Å². The highest BCUT2D eigenvalue weighted by atomic mass is 16.6. The standard InChI is InChI=1S/C13H16N4O2/c1-9-6-12(13(17(18)19)7-10(9)2)14-8-11-4-5-15-16(11)3/h4-7,14H,8H2,1-3H3. The van der Waals surface area contributed by atoms with E-state index in [1.807, 2.05) is 33.0 Å². The predicted molar refractivity (Wildman–Crippen MR) is 73.1 cm³/mol. The van der Waals surface area contributed by atoms with Crippen LogP contribution in [0.5, 0.6) is 0 Å². The molecule has 1 aromatic heterocycles. The summed E-state index contributed by atoms with van der Waals surface area (Å²) in [5, 5.41) is 18.2. The number of benzene rings is 1. The molecule has 100 valence electrons. The van der Waals surface area contributed by atoms with Gasteiger partial charge >= 0.3 is 0 Å². The summed E-state index contributed by atoms with van der Waals surface area (Å²) in [4.78, 5) is 10.7. The third-order valence-electron chi connectivity index (χ3n) is 3.19. The first-order valence-corrected chi connectivity index (χ1v) is 5.95. The zero-order chi connectivity index (χ0) is 14.0. The van der Waals surface area contributed by atoms with Gasteiger partial charge in [0.1, 0.15) is 5.69 Å². The molecule has 0 aliphatic heterocycles. The van der Waals surface area contributed by atoms with Crippen molar-refractivity contribution in [2.45, 2.75) is 20.4 Å². The molecule has 19 heavy (non-hydrogen) atoms. The molecular weight excluding hydrogens is 244 g/mol. The lowest BCUT2D eigenvalue weighted by Crippen LogP contribution is -2.07. The zero-order valence-electron chi connectivity index (χ0n) is 11.2. The van der Waals surface area contributed by atoms with Crippen molar-refractivity contribution >= 4 is 11.4 Å². The van der Waals surface area contributed by atoms with Gasteiger partial charge < -0.3 is 5.32 Å². The lowest BCUT2D eigenvalue weighted by atomic mass is 10.1. The van der Waals surface area contributed by atoms with E-state index in [4.69, 9.17) is 0 Å². The van der Waals surface area contributed by atoms with Crippen LogP contribution in [0, 0.1) is 24.0 Å². The lowest BCUT2D eigenvalue weighted by Gasteiger charge is -2.10. The van der Waals surface area contributed by atoms with Gasteiger partial charge in [-0.25, -0.2) is 0 Å². The van der Waals surface area contributed by atoms with Crippen LogP contribution in [0.1, 0.15) is 16.8 Å². The second kappa shape index (κ2) is 5.09. The summed E-state index contributed by atoms with van der Waals surface area (Å²) in [6, 6.07) is 5.28. The van der Waals surface area contributed by atoms with Crippen molar-refractivity contribution in [1.29, 1.82) is 0 Å². The molecule has 0 aliphatic rings. The number of nitro benzene ring substituents is 1. The summed E-state index contributed by atoms with van der Waals surface area (Å²) in [5.74, 6) is 0. The number of nitrogens with one attached hydrogen (secondary N) is 1. The molecule has 6 nitrogen and oxygen atoms in total. The topological polar surface area (TPSA) is 73.0 Å². The fourth-order valence-electron chi connectivity index (χ4n) is 1.85. The van der Waals surface area contributed by atoms with Crippen LogP contribution in [0.4, 0.5) is 11.4 Å². The van der Waals surface area contributed by atoms with Crippen molar-refractivity contribution in [3.8, 4) is 0 Å². The first-order valence-electron chi connectivity index (χ1n) is 5.95. The van der Waals surface area contributed by atoms with E-state index in [1.165, 1.54) is 0 Å². The molecule has 2 aromatic rings. The second-order valence-electron chi connectivity index (χ2n) is 4.51. The Bertz CT molecular complexity index is 619. The minimum absolute atomic E-state index is 0.102. The number of aromatic nitrogens is 2. The average molecular weight is 260 g/mol. The molecule has 0 amide bonds. The van der Waals surface area contributed by atoms with Crippen LogP contribution in [-0.2, 0) is 13.6 Å². The van der Waals surface area contributed by atoms with Crippen molar-refractivity contribution < 1.29 is 4.92 Å². The van der Waals surface area contributed by atoms with Gasteiger partial charge in [0.25, 0.3) is 5.69 Å². The van der Waals surface area contributed by atoms with Crippen LogP contribution in [0.2, 0.25) is 0 Å². The van der Waals surface area contributed by atoms with E-state index in [-0.39, 0.29) is 10.6 Å². The molecule has 0 fully saturated rings. The van der Waals surface area contributed by atoms with Crippen LogP contribution in [0.3, 0.4) is 0 Å². The molecule has 0 unspecified atom stereocenters. The normalized spacial score (nSPS) is 10.5. The maximum absolute atomic E-state index is 11.1. The highest BCUT2D eigenvalue weighted by Crippen LogP contribution is 2.28. The SMILES string of the molecule is Cc1cc(NCc2ccnn2C)c([N+](=O)[O-])cc1C. The largest absolute Gasteiger partial charge is 0.374 e. The minimum atomic E-state index is -0.363. The number of rotatable bonds is 4. The Morgan fingerprint density at radius 2 is 2.05 bits per heavy atom. The van der Waals surface area contributed by atoms with Crippen molar-refractivity contribution in [2.75, 3.05) is 5.32 Å². The van der Waals surface area contributed by atoms with Gasteiger partial charge in [-0.05, 0) is 37.1 Å². The summed E-state index contributed by atoms with van der Waals surface area (Å²) in [7, 11) is 1.84. The van der Waals surface area contributed by atoms with Crippen LogP contribution in [-0.4, -0.2) is 14.7 Å². The monoisotopic (exact) mass is 260 g/mol. The van der Waals surface area contributed by atoms with E-state index < -0.39 is 0 Å². The summed E-state index contributed by atoms with van der Waals surface area (Å²) in [6.45, 7) is 4.31. The smallest absolute Gasteiger partial charge is 0.292 e. The highest BCUT2D eigenvalue weighted by molar-refractivity contribution is 5.64. The van der Waals surface area contributed by atoms with E-state index in [0.29, 0.717) is 12.2 Å². The lowest BCUT2D eigenvalue weighted by molar-refractivity contribution is -0.384. The van der Waals surface area contributed by atoms with Gasteiger partial charge in [-0.3, -0.25) is 14.8 Å². The molecule has 0 spiro atoms. The van der Waals surface area contributed by atoms with Crippen LogP contribution in [0.25, 0.3) is 0 Å². The van der Waals surface area contributed by atoms with Crippen molar-refractivity contribution in [3.63, 3.8) is 0 Å². The van der Waals surface area contributed by atoms with E-state index in [1.54, 1.807) is 16.9 Å². The molecule has 0 saturated heterocycles. The predicted octanol–water partition coefficient (Wildman–Crippen LogP) is 2.56. The number of nitro groups is 1. The summed E-state index contributed by atoms with van der Waals surface area (Å²) >= 11 is 0. The van der Waals surface area contributed by atoms with Gasteiger partial charge in [0.05, 0.1) is 17.2 Å². The number of nitrogens with zero attached hydrogens (tertiary/aromatic N) is 3. The van der Waals surface area contributed by atoms with Gasteiger partial charge in [0.15, 0.2) is 0 Å². The summed E-state index contributed by atoms with van der Waals surface area (Å²) < 4.78 is 1.74. The van der Waals surface area contributed by atoms with E-state index in [9.17, 15) is 10.1 Å². The molecule has 0 radical (unpaired) electrons. The Balaban J connectivity index is 2.26. The van der Waals surface area contributed by atoms with Crippen molar-refractivity contribution in [1.82, 2.24) is 9.78 Å². The molecule has 0 bridgehead atoms. The molecular formula is C13H16N4O2. The Labute approximate surface area is 111 Å². The molecule has 0 aliphatic carbocycles. The average Bonchev–Trinajstić information content (AvgIpc) is 2.75. The van der Waals surface area contributed by atoms with Crippen molar-refractivity contribution in [2.24, 2.45) is 7.05 Å². The fraction of sp³-hybridized carbons (Fsp3) is 0.308. The Kier molecular flexibility index (Phi) is 3.50. The second-order valence-corrected chi connectivity index (χ2v) is 4.51. The first-order chi connectivity index (χ1) is 8.99. The summed E-state index contributed by atoms with van der Waals surface area (Å²) in [5.41, 5.74) is 3.54. The quantitative estimate of drug-likeness (QED) is 0.677. The molecule has 2 rings (SSSR count). The third kappa shape index (κ3) is 2.73. The Morgan fingerprint density at radius 3 is 2.63 bits per heavy atom. The van der Waals surface area contributed by atoms with E-state index >= 15 is 0 Å². The van der Waals surface area contributed by atoms with Gasteiger partial charge in [-0.2, -0.15) is 5.10 Å². The fourth-order valence-corrected chi connectivity index (χ4v) is 1.85. The minimum Gasteiger partial charge on any atom is -0.374 e. The summed E-state index contributed by atoms with van der Waals surface area (Å²) in [6.07, 6.45) is 1.70. The maximum atomic E-state index is 11.1. The van der Waals surface area contributed by atoms with Gasteiger partial charge in [-0.1, -0.05) is 0 Å².